The van der Waals surface area contributed by atoms with Gasteiger partial charge in [0.25, 0.3) is 5.91 Å². The number of ketones is 1. The van der Waals surface area contributed by atoms with Gasteiger partial charge in [-0.05, 0) is 36.8 Å². The Balaban J connectivity index is 1.45. The first-order valence-corrected chi connectivity index (χ1v) is 10.2. The quantitative estimate of drug-likeness (QED) is 0.601. The third-order valence-corrected chi connectivity index (χ3v) is 5.21. The Kier molecular flexibility index (Phi) is 5.71. The van der Waals surface area contributed by atoms with E-state index in [1.807, 2.05) is 54.6 Å². The summed E-state index contributed by atoms with van der Waals surface area (Å²) in [5.74, 6) is -0.277. The number of benzene rings is 2. The molecule has 0 saturated heterocycles. The van der Waals surface area contributed by atoms with Crippen molar-refractivity contribution in [3.8, 4) is 0 Å². The Labute approximate surface area is 181 Å². The molecule has 1 N–H and O–H groups in total. The van der Waals surface area contributed by atoms with Gasteiger partial charge in [-0.2, -0.15) is 5.10 Å². The average Bonchev–Trinajstić information content (AvgIpc) is 3.38. The van der Waals surface area contributed by atoms with Gasteiger partial charge >= 0.3 is 0 Å². The molecule has 0 saturated carbocycles. The number of Topliss-reactive ketones (excluding diaryl/α,β-unsaturated/α-hetero) is 1. The number of hydrogen-bond acceptors (Lipinski definition) is 6. The molecule has 1 aliphatic rings. The van der Waals surface area contributed by atoms with Crippen molar-refractivity contribution < 1.29 is 9.59 Å². The highest BCUT2D eigenvalue weighted by Crippen LogP contribution is 2.25. The molecule has 1 amide bonds. The van der Waals surface area contributed by atoms with E-state index in [0.29, 0.717) is 6.54 Å². The van der Waals surface area contributed by atoms with Crippen molar-refractivity contribution in [2.45, 2.75) is 25.9 Å². The second kappa shape index (κ2) is 8.58. The fourth-order valence-corrected chi connectivity index (χ4v) is 3.43. The number of carbonyl (C=O) groups excluding carboxylic acids is 2. The Morgan fingerprint density at radius 3 is 2.57 bits per heavy atom. The zero-order valence-corrected chi connectivity index (χ0v) is 17.8. The molecule has 1 aromatic heterocycles. The molecule has 0 bridgehead atoms. The first-order chi connectivity index (χ1) is 14.5. The maximum Gasteiger partial charge on any atom is 0.274 e. The molecule has 2 aromatic carbocycles. The molecule has 3 aromatic rings. The molecule has 4 rings (SSSR count). The number of halogens is 1. The number of aromatic nitrogens is 3. The first kappa shape index (κ1) is 20.0. The van der Waals surface area contributed by atoms with Crippen LogP contribution >= 0.6 is 15.9 Å². The number of carbonyl (C=O) groups is 2. The van der Waals surface area contributed by atoms with Crippen molar-refractivity contribution in [2.24, 2.45) is 5.10 Å². The van der Waals surface area contributed by atoms with Crippen LogP contribution in [0.25, 0.3) is 0 Å². The van der Waals surface area contributed by atoms with Gasteiger partial charge in [0.05, 0.1) is 12.2 Å². The lowest BCUT2D eigenvalue weighted by molar-refractivity contribution is -0.118. The van der Waals surface area contributed by atoms with E-state index < -0.39 is 11.9 Å². The Morgan fingerprint density at radius 1 is 1.13 bits per heavy atom. The van der Waals surface area contributed by atoms with Crippen molar-refractivity contribution in [3.63, 3.8) is 0 Å². The SMILES string of the molecule is CC(=O)C1CC(C(=O)Nc2ncn(Cc3ccc(Br)cc3)n2)=NN1c1ccccc1. The maximum absolute atomic E-state index is 12.7. The number of hydrazone groups is 1. The zero-order chi connectivity index (χ0) is 21.1. The molecular weight excluding hydrogens is 448 g/mol. The van der Waals surface area contributed by atoms with Gasteiger partial charge in [0.1, 0.15) is 18.1 Å². The van der Waals surface area contributed by atoms with Crippen LogP contribution in [0.1, 0.15) is 18.9 Å². The average molecular weight is 467 g/mol. The van der Waals surface area contributed by atoms with Crippen molar-refractivity contribution >= 4 is 45.0 Å². The van der Waals surface area contributed by atoms with Gasteiger partial charge in [0.2, 0.25) is 5.95 Å². The van der Waals surface area contributed by atoms with Crippen LogP contribution in [0.15, 0.2) is 70.5 Å². The summed E-state index contributed by atoms with van der Waals surface area (Å²) in [6, 6.07) is 16.7. The van der Waals surface area contributed by atoms with E-state index in [1.165, 1.54) is 6.92 Å². The highest BCUT2D eigenvalue weighted by molar-refractivity contribution is 9.10. The van der Waals surface area contributed by atoms with Crippen molar-refractivity contribution in [1.29, 1.82) is 0 Å². The molecule has 0 aliphatic carbocycles. The smallest absolute Gasteiger partial charge is 0.274 e. The van der Waals surface area contributed by atoms with Gasteiger partial charge in [-0.15, -0.1) is 5.10 Å². The summed E-state index contributed by atoms with van der Waals surface area (Å²) in [5.41, 5.74) is 2.09. The second-order valence-corrected chi connectivity index (χ2v) is 7.82. The molecule has 0 fully saturated rings. The van der Waals surface area contributed by atoms with Crippen LogP contribution in [0.5, 0.6) is 0 Å². The monoisotopic (exact) mass is 466 g/mol. The summed E-state index contributed by atoms with van der Waals surface area (Å²) in [5, 5.41) is 13.0. The van der Waals surface area contributed by atoms with Crippen LogP contribution < -0.4 is 10.3 Å². The van der Waals surface area contributed by atoms with E-state index in [1.54, 1.807) is 16.0 Å². The van der Waals surface area contributed by atoms with Crippen LogP contribution in [-0.2, 0) is 16.1 Å². The number of anilines is 2. The third kappa shape index (κ3) is 4.46. The summed E-state index contributed by atoms with van der Waals surface area (Å²) in [4.78, 5) is 28.9. The van der Waals surface area contributed by atoms with Crippen LogP contribution in [-0.4, -0.2) is 38.2 Å². The topological polar surface area (TPSA) is 92.5 Å². The standard InChI is InChI=1S/C21H19BrN6O2/c1-14(29)19-11-18(25-28(19)17-5-3-2-4-6-17)20(30)24-21-23-13-27(26-21)12-15-7-9-16(22)10-8-15/h2-10,13,19H,11-12H2,1H3,(H,24,26,30). The second-order valence-electron chi connectivity index (χ2n) is 6.90. The number of nitrogens with zero attached hydrogens (tertiary/aromatic N) is 5. The van der Waals surface area contributed by atoms with Gasteiger partial charge in [-0.3, -0.25) is 19.9 Å². The summed E-state index contributed by atoms with van der Waals surface area (Å²) < 4.78 is 2.65. The zero-order valence-electron chi connectivity index (χ0n) is 16.2. The largest absolute Gasteiger partial charge is 0.298 e. The van der Waals surface area contributed by atoms with Crippen LogP contribution in [0, 0.1) is 0 Å². The van der Waals surface area contributed by atoms with E-state index in [0.717, 1.165) is 15.7 Å². The Hall–Kier alpha value is -3.33. The first-order valence-electron chi connectivity index (χ1n) is 9.37. The van der Waals surface area contributed by atoms with E-state index in [4.69, 9.17) is 0 Å². The number of amides is 1. The van der Waals surface area contributed by atoms with Gasteiger partial charge in [0.15, 0.2) is 5.78 Å². The lowest BCUT2D eigenvalue weighted by atomic mass is 10.1. The summed E-state index contributed by atoms with van der Waals surface area (Å²) in [6.45, 7) is 2.04. The van der Waals surface area contributed by atoms with E-state index in [-0.39, 0.29) is 23.9 Å². The van der Waals surface area contributed by atoms with Gasteiger partial charge in [-0.1, -0.05) is 46.3 Å². The Bertz CT molecular complexity index is 1090. The molecule has 8 nitrogen and oxygen atoms in total. The van der Waals surface area contributed by atoms with E-state index >= 15 is 0 Å². The molecule has 0 spiro atoms. The highest BCUT2D eigenvalue weighted by atomic mass is 79.9. The van der Waals surface area contributed by atoms with Crippen LogP contribution in [0.4, 0.5) is 11.6 Å². The summed E-state index contributed by atoms with van der Waals surface area (Å²) >= 11 is 3.41. The number of para-hydroxylation sites is 1. The molecule has 0 radical (unpaired) electrons. The third-order valence-electron chi connectivity index (χ3n) is 4.68. The number of rotatable bonds is 6. The van der Waals surface area contributed by atoms with Crippen LogP contribution in [0.3, 0.4) is 0 Å². The predicted molar refractivity (Wildman–Crippen MR) is 117 cm³/mol. The molecule has 152 valence electrons. The van der Waals surface area contributed by atoms with Gasteiger partial charge < -0.3 is 0 Å². The number of hydrogen-bond donors (Lipinski definition) is 1. The molecule has 30 heavy (non-hydrogen) atoms. The minimum absolute atomic E-state index is 0.0534. The van der Waals surface area contributed by atoms with Crippen LogP contribution in [0.2, 0.25) is 0 Å². The minimum Gasteiger partial charge on any atom is -0.298 e. The summed E-state index contributed by atoms with van der Waals surface area (Å²) in [7, 11) is 0. The highest BCUT2D eigenvalue weighted by Gasteiger charge is 2.34. The van der Waals surface area contributed by atoms with E-state index in [2.05, 4.69) is 36.4 Å². The lowest BCUT2D eigenvalue weighted by Gasteiger charge is -2.20. The molecule has 1 atom stereocenters. The van der Waals surface area contributed by atoms with E-state index in [9.17, 15) is 9.59 Å². The molecule has 9 heteroatoms. The normalized spacial score (nSPS) is 15.7. The summed E-state index contributed by atoms with van der Waals surface area (Å²) in [6.07, 6.45) is 1.79. The lowest BCUT2D eigenvalue weighted by Crippen LogP contribution is -2.33. The predicted octanol–water partition coefficient (Wildman–Crippen LogP) is 3.25. The van der Waals surface area contributed by atoms with Gasteiger partial charge in [0, 0.05) is 10.9 Å². The molecule has 1 unspecified atom stereocenters. The fourth-order valence-electron chi connectivity index (χ4n) is 3.16. The van der Waals surface area contributed by atoms with Crippen molar-refractivity contribution in [1.82, 2.24) is 14.8 Å². The maximum atomic E-state index is 12.7. The van der Waals surface area contributed by atoms with Gasteiger partial charge in [-0.25, -0.2) is 9.67 Å². The molecular formula is C21H19BrN6O2. The minimum atomic E-state index is -0.504. The Morgan fingerprint density at radius 2 is 1.87 bits per heavy atom. The molecule has 1 aliphatic heterocycles. The number of nitrogens with one attached hydrogen (secondary N) is 1. The molecule has 2 heterocycles. The van der Waals surface area contributed by atoms with Crippen molar-refractivity contribution in [2.75, 3.05) is 10.3 Å². The van der Waals surface area contributed by atoms with Crippen molar-refractivity contribution in [3.05, 3.63) is 71.0 Å². The fraction of sp³-hybridized carbons (Fsp3) is 0.190.